The van der Waals surface area contributed by atoms with E-state index in [1.165, 1.54) is 113 Å². The van der Waals surface area contributed by atoms with Crippen LogP contribution < -0.4 is 0 Å². The van der Waals surface area contributed by atoms with Gasteiger partial charge in [0.25, 0.3) is 0 Å². The first kappa shape index (κ1) is 101. The molecule has 0 aliphatic heterocycles. The van der Waals surface area contributed by atoms with Crippen LogP contribution in [0.2, 0.25) is 0 Å². The van der Waals surface area contributed by atoms with Gasteiger partial charge in [-0.15, -0.1) is 0 Å². The van der Waals surface area contributed by atoms with Crippen LogP contribution in [0.4, 0.5) is 13.2 Å². The monoisotopic (exact) mass is 1790 g/mol. The van der Waals surface area contributed by atoms with Crippen LogP contribution in [0.3, 0.4) is 0 Å². The third kappa shape index (κ3) is 23.2. The molecule has 0 aromatic heterocycles. The number of rotatable bonds is 20. The third-order valence-electron chi connectivity index (χ3n) is 32.7. The van der Waals surface area contributed by atoms with Crippen LogP contribution in [0.5, 0.6) is 0 Å². The minimum Gasteiger partial charge on any atom is -0.393 e. The second-order valence-corrected chi connectivity index (χ2v) is 51.3. The van der Waals surface area contributed by atoms with Crippen LogP contribution in [-0.2, 0) is 39.3 Å². The Morgan fingerprint density at radius 3 is 1.06 bits per heavy atom. The molecule has 19 heteroatoms. The molecule has 13 aliphatic carbocycles. The Morgan fingerprint density at radius 1 is 0.403 bits per heavy atom. The lowest BCUT2D eigenvalue weighted by atomic mass is 9.61. The quantitative estimate of drug-likeness (QED) is 0.0837. The van der Waals surface area contributed by atoms with Gasteiger partial charge in [-0.2, -0.15) is 8.78 Å². The van der Waals surface area contributed by atoms with E-state index in [-0.39, 0.29) is 63.8 Å². The van der Waals surface area contributed by atoms with Crippen molar-refractivity contribution in [1.29, 1.82) is 0 Å². The smallest absolute Gasteiger partial charge is 0.363 e. The fourth-order valence-corrected chi connectivity index (χ4v) is 26.0. The summed E-state index contributed by atoms with van der Waals surface area (Å²) in [6.07, 6.45) is 69.9. The Kier molecular flexibility index (Phi) is 32.4. The highest BCUT2D eigenvalue weighted by Crippen LogP contribution is 2.63. The standard InChI is InChI=1S/C27H38O3S.C27H42O3S.C26H39FO3S.C25H34F2O3S/c1-19-7-10-23(28)18-22(19)9-8-21-6-5-14-26(3)24(11-12-25(21)26)20(2)13-15-27(16-17-27)31(4,29)30;1-19-9-12-23(28)18-22(19)11-10-21-8-7-16-27(5)24(13-14-25(21)27)20(2)15-17-26(3,4)31(6,29)30;1-18-8-11-22(28)17-21(18)10-9-20-7-6-15-25(3)23(12-13-24(20)25)19(2)14-16-26(4,27)31(5,29)30;1-17-7-10-21(28)16-20(17)9-8-19-6-5-14-24(3)22(11-12-23(19)24)18(2)13-15-25(26,27)31(4,29)30/h8-9,11,13,15,20,23,25,28H,1,5-7,10,12,14,16-18H2,2-4H3;10-11,15,17,20,23-25,28H,1,7-9,12-14,16,18H2,2-6H3;9-10,14,16,19,22-24,28H,1,6-8,11-13,15,17H2,2-5H3;8-9,11,13,15,18,21,23,28H,1,5-7,10,12,14,16H2,2-4H3/b15-13+,21-8+,22-9-;17-15+,21-10+,22-11-;16-14+,20-9+,21-10-;15-13+,19-8+,20-9-/t20-,23+,25+,26-;20?,23-,24?,25-,27+;19?,22-,23?,24-,25+,26+;18-,21+,23+,24-/m1001/s1. The molecule has 690 valence electrons. The number of hydrogen-bond acceptors (Lipinski definition) is 12. The molecule has 11 saturated carbocycles. The zero-order chi connectivity index (χ0) is 91.5. The van der Waals surface area contributed by atoms with Gasteiger partial charge in [0, 0.05) is 25.0 Å². The molecule has 0 radical (unpaired) electrons. The number of hydrogen-bond donors (Lipinski definition) is 4. The predicted octanol–water partition coefficient (Wildman–Crippen LogP) is 24.0. The second-order valence-electron chi connectivity index (χ2n) is 41.9. The predicted molar refractivity (Wildman–Crippen MR) is 506 cm³/mol. The molecule has 11 fully saturated rings. The van der Waals surface area contributed by atoms with E-state index in [1.54, 1.807) is 25.5 Å². The van der Waals surface area contributed by atoms with Gasteiger partial charge in [0.1, 0.15) is 0 Å². The van der Waals surface area contributed by atoms with E-state index >= 15 is 0 Å². The van der Waals surface area contributed by atoms with Gasteiger partial charge < -0.3 is 20.4 Å². The van der Waals surface area contributed by atoms with Gasteiger partial charge in [-0.05, 0) is 342 Å². The highest BCUT2D eigenvalue weighted by molar-refractivity contribution is 7.93. The van der Waals surface area contributed by atoms with Gasteiger partial charge in [0.2, 0.25) is 14.8 Å². The number of sulfone groups is 4. The van der Waals surface area contributed by atoms with Crippen LogP contribution >= 0.6 is 0 Å². The van der Waals surface area contributed by atoms with Crippen molar-refractivity contribution in [3.05, 3.63) is 214 Å². The van der Waals surface area contributed by atoms with E-state index < -0.39 is 59.1 Å². The number of alkyl halides is 3. The lowest BCUT2D eigenvalue weighted by molar-refractivity contribution is 0.112. The van der Waals surface area contributed by atoms with Crippen molar-refractivity contribution in [2.24, 2.45) is 80.8 Å². The fourth-order valence-electron chi connectivity index (χ4n) is 23.9. The fraction of sp³-hybridized carbons (Fsp3) is 0.657. The molecule has 0 saturated heterocycles. The van der Waals surface area contributed by atoms with Crippen LogP contribution in [0.25, 0.3) is 0 Å². The van der Waals surface area contributed by atoms with Gasteiger partial charge in [-0.1, -0.05) is 235 Å². The van der Waals surface area contributed by atoms with Crippen LogP contribution in [0.15, 0.2) is 214 Å². The largest absolute Gasteiger partial charge is 0.393 e. The molecule has 4 N–H and O–H groups in total. The first-order chi connectivity index (χ1) is 57.6. The molecule has 0 bridgehead atoms. The van der Waals surface area contributed by atoms with Crippen molar-refractivity contribution in [3.63, 3.8) is 0 Å². The molecule has 4 unspecified atom stereocenters. The molecule has 12 nitrogen and oxygen atoms in total. The van der Waals surface area contributed by atoms with Gasteiger partial charge in [0.15, 0.2) is 29.5 Å². The summed E-state index contributed by atoms with van der Waals surface area (Å²) >= 11 is 0. The van der Waals surface area contributed by atoms with E-state index in [0.717, 1.165) is 190 Å². The molecule has 0 aromatic carbocycles. The number of halogens is 3. The SMILES string of the molecule is C=C1CC[C@H](O)C/C1=C/C=C1\CCC[C@]2(C)C(C(C)/C=C/C(C)(C)S(C)(=O)=O)CC[C@@H]12.C=C1CC[C@H](O)C/C1=C/C=C1\CCC[C@]2(C)C(C(C)/C=C/[C@](C)(F)S(C)(=O)=O)CC[C@@H]12.C=C1CC[C@H](O)C/C1=C/C=C1\CCC[C@]2(C)C([C@H](C)/C=C/C(F)(F)S(C)(=O)=O)=CC[C@@H]12.C=C1CC[C@H](O)C/C1=C/C=C1\CCC[C@]2(C)C([C@H](C)/C=C/C3(S(C)(=O)=O)CC3)=CC[C@@H]12. The second kappa shape index (κ2) is 39.8. The minimum atomic E-state index is -4.48. The molecule has 0 aromatic rings. The molecule has 13 rings (SSSR count). The van der Waals surface area contributed by atoms with E-state index in [4.69, 9.17) is 0 Å². The van der Waals surface area contributed by atoms with E-state index in [9.17, 15) is 67.3 Å². The van der Waals surface area contributed by atoms with Crippen molar-refractivity contribution in [2.45, 2.75) is 326 Å². The van der Waals surface area contributed by atoms with Crippen molar-refractivity contribution in [1.82, 2.24) is 0 Å². The molecular weight excluding hydrogens is 1640 g/mol. The number of allylic oxidation sites excluding steroid dienone is 24. The molecule has 0 heterocycles. The molecule has 124 heavy (non-hydrogen) atoms. The van der Waals surface area contributed by atoms with Crippen LogP contribution in [-0.4, -0.2) is 123 Å². The minimum absolute atomic E-state index is 0.115. The van der Waals surface area contributed by atoms with E-state index in [0.29, 0.717) is 66.6 Å². The maximum atomic E-state index is 14.6. The maximum Gasteiger partial charge on any atom is 0.363 e. The topological polar surface area (TPSA) is 217 Å². The van der Waals surface area contributed by atoms with Gasteiger partial charge >= 0.3 is 5.25 Å². The Morgan fingerprint density at radius 2 is 0.734 bits per heavy atom. The van der Waals surface area contributed by atoms with Crippen LogP contribution in [0.1, 0.15) is 282 Å². The summed E-state index contributed by atoms with van der Waals surface area (Å²) in [5, 5.41) is 33.9. The van der Waals surface area contributed by atoms with Gasteiger partial charge in [-0.25, -0.2) is 38.1 Å². The van der Waals surface area contributed by atoms with Crippen molar-refractivity contribution in [3.8, 4) is 0 Å². The summed E-state index contributed by atoms with van der Waals surface area (Å²) in [4.78, 5) is 0. The molecule has 0 spiro atoms. The summed E-state index contributed by atoms with van der Waals surface area (Å²) in [5.41, 5.74) is 18.3. The molecule has 13 aliphatic rings. The first-order valence-corrected chi connectivity index (χ1v) is 54.2. The summed E-state index contributed by atoms with van der Waals surface area (Å²) in [5.74, 6) is 3.43. The number of aliphatic hydroxyl groups is 4. The van der Waals surface area contributed by atoms with E-state index in [2.05, 4.69) is 148 Å². The maximum absolute atomic E-state index is 14.6. The molecule has 0 amide bonds. The average molecular weight is 1790 g/mol. The average Bonchev–Trinajstić information content (AvgIpc) is 1.61. The Balaban J connectivity index is 0.000000173. The summed E-state index contributed by atoms with van der Waals surface area (Å²) < 4.78 is 135. The molecule has 19 atom stereocenters. The Hall–Kier alpha value is -5.25. The summed E-state index contributed by atoms with van der Waals surface area (Å²) in [6.45, 7) is 39.3. The highest BCUT2D eigenvalue weighted by atomic mass is 32.2. The van der Waals surface area contributed by atoms with Crippen molar-refractivity contribution >= 4 is 39.3 Å². The number of fused-ring (bicyclic) bond motifs is 4. The summed E-state index contributed by atoms with van der Waals surface area (Å²) in [7, 11) is -14.4. The third-order valence-corrected chi connectivity index (χ3v) is 39.5. The zero-order valence-electron chi connectivity index (χ0n) is 77.8. The zero-order valence-corrected chi connectivity index (χ0v) is 81.0. The first-order valence-electron chi connectivity index (χ1n) is 46.7. The lowest BCUT2D eigenvalue weighted by Crippen LogP contribution is -2.36. The van der Waals surface area contributed by atoms with Gasteiger partial charge in [-0.3, -0.25) is 0 Å². The summed E-state index contributed by atoms with van der Waals surface area (Å²) in [6, 6.07) is 0. The normalized spacial score (nSPS) is 36.1. The Bertz CT molecular complexity index is 4540. The lowest BCUT2D eigenvalue weighted by Gasteiger charge is -2.44. The van der Waals surface area contributed by atoms with Crippen molar-refractivity contribution < 1.29 is 67.3 Å². The van der Waals surface area contributed by atoms with Crippen LogP contribution in [0, 0.1) is 80.8 Å². The number of aliphatic hydroxyl groups excluding tert-OH is 4. The van der Waals surface area contributed by atoms with Gasteiger partial charge in [0.05, 0.1) is 33.9 Å². The molecular formula is C105H153F3O12S4. The Labute approximate surface area is 746 Å². The van der Waals surface area contributed by atoms with E-state index in [1.807, 2.05) is 19.1 Å². The highest BCUT2D eigenvalue weighted by Gasteiger charge is 2.55. The van der Waals surface area contributed by atoms with Crippen molar-refractivity contribution in [2.75, 3.05) is 25.0 Å².